The number of halogens is 7. The number of hydrogen-bond donors (Lipinski definition) is 1. The number of nitrogens with zero attached hydrogens (tertiary/aromatic N) is 5. The number of aromatic nitrogens is 6. The molecular formula is C27H13ClF6N6OS2. The van der Waals surface area contributed by atoms with Crippen molar-refractivity contribution in [3.05, 3.63) is 89.1 Å². The van der Waals surface area contributed by atoms with Crippen LogP contribution < -0.4 is 0 Å². The molecule has 3 aromatic carbocycles. The molecule has 7 nitrogen and oxygen atoms in total. The molecule has 0 bridgehead atoms. The highest BCUT2D eigenvalue weighted by atomic mass is 35.5. The summed E-state index contributed by atoms with van der Waals surface area (Å²) >= 11 is 8.05. The largest absolute Gasteiger partial charge is 0.431 e. The number of H-pyrrole nitrogens is 1. The third-order valence-corrected chi connectivity index (χ3v) is 7.52. The average Bonchev–Trinajstić information content (AvgIpc) is 3.58. The van der Waals surface area contributed by atoms with Gasteiger partial charge in [0.15, 0.2) is 16.6 Å². The van der Waals surface area contributed by atoms with Gasteiger partial charge in [-0.2, -0.15) is 26.3 Å². The van der Waals surface area contributed by atoms with E-state index in [1.807, 2.05) is 42.5 Å². The van der Waals surface area contributed by atoms with Crippen LogP contribution in [-0.2, 0) is 12.4 Å². The van der Waals surface area contributed by atoms with Gasteiger partial charge >= 0.3 is 12.4 Å². The van der Waals surface area contributed by atoms with Crippen molar-refractivity contribution in [3.63, 3.8) is 0 Å². The quantitative estimate of drug-likeness (QED) is 0.108. The summed E-state index contributed by atoms with van der Waals surface area (Å²) in [7, 11) is 0. The van der Waals surface area contributed by atoms with E-state index in [9.17, 15) is 26.3 Å². The molecule has 16 heteroatoms. The number of nitrogens with one attached hydrogen (secondary N) is 1. The zero-order chi connectivity index (χ0) is 30.4. The van der Waals surface area contributed by atoms with Crippen molar-refractivity contribution in [1.82, 2.24) is 30.1 Å². The van der Waals surface area contributed by atoms with Crippen LogP contribution in [0.25, 0.3) is 33.6 Å². The van der Waals surface area contributed by atoms with E-state index in [0.29, 0.717) is 23.2 Å². The summed E-state index contributed by atoms with van der Waals surface area (Å²) in [5, 5.41) is 7.00. The maximum absolute atomic E-state index is 13.3. The Balaban J connectivity index is 1.23. The summed E-state index contributed by atoms with van der Waals surface area (Å²) in [5.74, 6) is -0.296. The summed E-state index contributed by atoms with van der Waals surface area (Å²) in [6.07, 6.45) is -10.0. The molecule has 0 radical (unpaired) electrons. The molecule has 0 unspecified atom stereocenters. The molecule has 218 valence electrons. The van der Waals surface area contributed by atoms with Crippen LogP contribution in [-0.4, -0.2) is 30.1 Å². The van der Waals surface area contributed by atoms with Gasteiger partial charge in [0.1, 0.15) is 15.7 Å². The van der Waals surface area contributed by atoms with Gasteiger partial charge in [-0.3, -0.25) is 5.10 Å². The van der Waals surface area contributed by atoms with Gasteiger partial charge in [0.2, 0.25) is 5.16 Å². The standard InChI is InChI=1S/C27H13ClF6N6OS2/c28-20-12-21(42-24-38-22(39-40-24)15-8-16(26(29,30)31)11-17(9-15)27(32,33)34)37-23(36-20)43-25-35-18-10-14(6-7-19(18)41-25)13-4-2-1-3-5-13/h1-12H,(H,38,39,40). The summed E-state index contributed by atoms with van der Waals surface area (Å²) in [5.41, 5.74) is -0.228. The Hall–Kier alpha value is -4.08. The fraction of sp³-hybridized carbons (Fsp3) is 0.0741. The molecule has 0 atom stereocenters. The third kappa shape index (κ3) is 6.63. The number of benzene rings is 3. The monoisotopic (exact) mass is 650 g/mol. The van der Waals surface area contributed by atoms with Crippen LogP contribution in [0.2, 0.25) is 5.15 Å². The maximum atomic E-state index is 13.3. The first-order valence-corrected chi connectivity index (χ1v) is 14.0. The highest BCUT2D eigenvalue weighted by Crippen LogP contribution is 2.39. The second-order valence-electron chi connectivity index (χ2n) is 8.81. The smallest absolute Gasteiger partial charge is 0.416 e. The summed E-state index contributed by atoms with van der Waals surface area (Å²) < 4.78 is 85.4. The van der Waals surface area contributed by atoms with Gasteiger partial charge in [-0.25, -0.2) is 19.9 Å². The molecule has 6 rings (SSSR count). The third-order valence-electron chi connectivity index (χ3n) is 5.83. The topological polar surface area (TPSA) is 93.4 Å². The maximum Gasteiger partial charge on any atom is 0.416 e. The van der Waals surface area contributed by atoms with Gasteiger partial charge in [0, 0.05) is 23.4 Å². The van der Waals surface area contributed by atoms with E-state index in [4.69, 9.17) is 16.0 Å². The van der Waals surface area contributed by atoms with Crippen molar-refractivity contribution in [3.8, 4) is 22.5 Å². The molecule has 0 saturated heterocycles. The van der Waals surface area contributed by atoms with Crippen LogP contribution in [0.15, 0.2) is 97.8 Å². The minimum absolute atomic E-state index is 0.0259. The Morgan fingerprint density at radius 1 is 0.674 bits per heavy atom. The molecule has 3 aromatic heterocycles. The van der Waals surface area contributed by atoms with Crippen LogP contribution in [0.3, 0.4) is 0 Å². The Morgan fingerprint density at radius 3 is 2.09 bits per heavy atom. The molecule has 0 aliphatic rings. The van der Waals surface area contributed by atoms with Crippen molar-refractivity contribution >= 4 is 46.2 Å². The van der Waals surface area contributed by atoms with E-state index in [-0.39, 0.29) is 37.6 Å². The van der Waals surface area contributed by atoms with Gasteiger partial charge in [-0.1, -0.05) is 48.0 Å². The minimum atomic E-state index is -5.00. The van der Waals surface area contributed by atoms with Gasteiger partial charge in [0.25, 0.3) is 5.22 Å². The molecule has 0 amide bonds. The highest BCUT2D eigenvalue weighted by molar-refractivity contribution is 7.99. The Kier molecular flexibility index (Phi) is 7.56. The highest BCUT2D eigenvalue weighted by Gasteiger charge is 2.37. The van der Waals surface area contributed by atoms with Crippen molar-refractivity contribution in [2.45, 2.75) is 32.9 Å². The summed E-state index contributed by atoms with van der Waals surface area (Å²) in [6.45, 7) is 0. The molecule has 0 saturated carbocycles. The minimum Gasteiger partial charge on any atom is -0.431 e. The van der Waals surface area contributed by atoms with E-state index in [0.717, 1.165) is 34.7 Å². The van der Waals surface area contributed by atoms with E-state index < -0.39 is 29.0 Å². The molecular weight excluding hydrogens is 638 g/mol. The molecule has 43 heavy (non-hydrogen) atoms. The van der Waals surface area contributed by atoms with Crippen molar-refractivity contribution in [2.75, 3.05) is 0 Å². The van der Waals surface area contributed by atoms with Gasteiger partial charge in [-0.05, 0) is 53.2 Å². The van der Waals surface area contributed by atoms with Crippen molar-refractivity contribution < 1.29 is 30.8 Å². The molecule has 3 heterocycles. The second kappa shape index (κ2) is 11.2. The molecule has 6 aromatic rings. The number of hydrogen-bond acceptors (Lipinski definition) is 8. The fourth-order valence-electron chi connectivity index (χ4n) is 3.92. The van der Waals surface area contributed by atoms with Crippen LogP contribution >= 0.6 is 35.1 Å². The lowest BCUT2D eigenvalue weighted by molar-refractivity contribution is -0.143. The first-order valence-electron chi connectivity index (χ1n) is 12.0. The van der Waals surface area contributed by atoms with E-state index in [2.05, 4.69) is 30.1 Å². The lowest BCUT2D eigenvalue weighted by atomic mass is 10.0. The molecule has 0 aliphatic heterocycles. The van der Waals surface area contributed by atoms with Crippen LogP contribution in [0.4, 0.5) is 26.3 Å². The first-order chi connectivity index (χ1) is 20.4. The van der Waals surface area contributed by atoms with Gasteiger partial charge in [0.05, 0.1) is 11.1 Å². The predicted molar refractivity (Wildman–Crippen MR) is 147 cm³/mol. The number of alkyl halides is 6. The average molecular weight is 651 g/mol. The van der Waals surface area contributed by atoms with Crippen LogP contribution in [0.1, 0.15) is 11.1 Å². The first kappa shape index (κ1) is 29.0. The normalized spacial score (nSPS) is 12.3. The van der Waals surface area contributed by atoms with E-state index in [1.54, 1.807) is 6.07 Å². The van der Waals surface area contributed by atoms with E-state index >= 15 is 0 Å². The Morgan fingerprint density at radius 2 is 1.40 bits per heavy atom. The fourth-order valence-corrected chi connectivity index (χ4v) is 5.71. The van der Waals surface area contributed by atoms with Gasteiger partial charge in [-0.15, -0.1) is 5.10 Å². The lowest BCUT2D eigenvalue weighted by Gasteiger charge is -2.13. The molecule has 0 spiro atoms. The van der Waals surface area contributed by atoms with Crippen LogP contribution in [0.5, 0.6) is 0 Å². The zero-order valence-electron chi connectivity index (χ0n) is 21.0. The molecule has 0 aliphatic carbocycles. The number of aromatic amines is 1. The molecule has 0 fully saturated rings. The lowest BCUT2D eigenvalue weighted by Crippen LogP contribution is -2.11. The number of fused-ring (bicyclic) bond motifs is 1. The SMILES string of the molecule is FC(F)(F)c1cc(-c2nc(Sc3cc(Cl)nc(Sc4nc5cc(-c6ccccc6)ccc5o4)n3)n[nH]2)cc(C(F)(F)F)c1. The Labute approximate surface area is 251 Å². The predicted octanol–water partition coefficient (Wildman–Crippen LogP) is 9.06. The van der Waals surface area contributed by atoms with E-state index in [1.165, 1.54) is 6.07 Å². The Bertz CT molecular complexity index is 1910. The number of rotatable bonds is 6. The second-order valence-corrected chi connectivity index (χ2v) is 11.1. The van der Waals surface area contributed by atoms with Crippen molar-refractivity contribution in [1.29, 1.82) is 0 Å². The summed E-state index contributed by atoms with van der Waals surface area (Å²) in [4.78, 5) is 17.1. The molecule has 1 N–H and O–H groups in total. The zero-order valence-corrected chi connectivity index (χ0v) is 23.4. The number of oxazole rings is 1. The van der Waals surface area contributed by atoms with Crippen molar-refractivity contribution in [2.24, 2.45) is 0 Å². The summed E-state index contributed by atoms with van der Waals surface area (Å²) in [6, 6.07) is 17.9. The van der Waals surface area contributed by atoms with Gasteiger partial charge < -0.3 is 4.42 Å². The van der Waals surface area contributed by atoms with Crippen LogP contribution in [0, 0.1) is 0 Å².